The van der Waals surface area contributed by atoms with Gasteiger partial charge in [-0.3, -0.25) is 14.8 Å². The molecule has 3 N–H and O–H groups in total. The van der Waals surface area contributed by atoms with E-state index in [2.05, 4.69) is 5.32 Å². The summed E-state index contributed by atoms with van der Waals surface area (Å²) in [7, 11) is 0. The lowest BCUT2D eigenvalue weighted by molar-refractivity contribution is -0.140. The molecule has 2 atom stereocenters. The Morgan fingerprint density at radius 1 is 1.00 bits per heavy atom. The second kappa shape index (κ2) is 9.84. The zero-order chi connectivity index (χ0) is 20.6. The molecular formula is C22H25N3O4. The molecular weight excluding hydrogens is 370 g/mol. The van der Waals surface area contributed by atoms with Crippen molar-refractivity contribution in [1.82, 2.24) is 15.7 Å². The van der Waals surface area contributed by atoms with Crippen LogP contribution in [0.4, 0.5) is 4.79 Å². The van der Waals surface area contributed by atoms with Gasteiger partial charge < -0.3 is 5.32 Å². The molecule has 2 aromatic carbocycles. The van der Waals surface area contributed by atoms with Gasteiger partial charge in [-0.25, -0.2) is 15.2 Å². The highest BCUT2D eigenvalue weighted by Crippen LogP contribution is 2.19. The third-order valence-electron chi connectivity index (χ3n) is 5.13. The van der Waals surface area contributed by atoms with Crippen LogP contribution < -0.4 is 10.8 Å². The van der Waals surface area contributed by atoms with Gasteiger partial charge in [0, 0.05) is 0 Å². The minimum absolute atomic E-state index is 0.270. The lowest BCUT2D eigenvalue weighted by atomic mass is 10.0. The van der Waals surface area contributed by atoms with Gasteiger partial charge in [-0.05, 0) is 43.2 Å². The normalized spacial score (nSPS) is 17.1. The van der Waals surface area contributed by atoms with Gasteiger partial charge in [0.2, 0.25) is 0 Å². The van der Waals surface area contributed by atoms with E-state index in [1.54, 1.807) is 5.48 Å². The van der Waals surface area contributed by atoms with Gasteiger partial charge in [0.25, 0.3) is 11.8 Å². The van der Waals surface area contributed by atoms with Crippen LogP contribution in [0.15, 0.2) is 60.7 Å². The highest BCUT2D eigenvalue weighted by molar-refractivity contribution is 6.07. The van der Waals surface area contributed by atoms with E-state index in [4.69, 9.17) is 5.21 Å². The van der Waals surface area contributed by atoms with Crippen molar-refractivity contribution in [2.45, 2.75) is 44.2 Å². The van der Waals surface area contributed by atoms with Crippen LogP contribution >= 0.6 is 0 Å². The van der Waals surface area contributed by atoms with E-state index in [0.29, 0.717) is 25.7 Å². The topological polar surface area (TPSA) is 98.7 Å². The molecule has 1 fully saturated rings. The number of hydrogen-bond donors (Lipinski definition) is 3. The van der Waals surface area contributed by atoms with Gasteiger partial charge in [0.05, 0.1) is 0 Å². The van der Waals surface area contributed by atoms with Gasteiger partial charge in [0.15, 0.2) is 0 Å². The van der Waals surface area contributed by atoms with E-state index in [1.807, 2.05) is 60.7 Å². The average molecular weight is 395 g/mol. The zero-order valence-electron chi connectivity index (χ0n) is 16.1. The van der Waals surface area contributed by atoms with E-state index in [0.717, 1.165) is 16.0 Å². The van der Waals surface area contributed by atoms with E-state index >= 15 is 0 Å². The number of amides is 4. The fraction of sp³-hybridized carbons (Fsp3) is 0.318. The number of urea groups is 1. The Labute approximate surface area is 169 Å². The maximum Gasteiger partial charge on any atom is 0.325 e. The average Bonchev–Trinajstić information content (AvgIpc) is 3.04. The van der Waals surface area contributed by atoms with Crippen LogP contribution in [0.3, 0.4) is 0 Å². The molecule has 1 heterocycles. The lowest BCUT2D eigenvalue weighted by Gasteiger charge is -2.23. The summed E-state index contributed by atoms with van der Waals surface area (Å²) in [6.07, 6.45) is 2.65. The van der Waals surface area contributed by atoms with E-state index in [9.17, 15) is 14.4 Å². The predicted molar refractivity (Wildman–Crippen MR) is 107 cm³/mol. The van der Waals surface area contributed by atoms with Gasteiger partial charge in [-0.15, -0.1) is 0 Å². The molecule has 0 bridgehead atoms. The minimum Gasteiger partial charge on any atom is -0.326 e. The molecule has 0 aromatic heterocycles. The molecule has 0 saturated carbocycles. The number of carbonyl (C=O) groups is 3. The zero-order valence-corrected chi connectivity index (χ0v) is 16.1. The molecule has 1 saturated heterocycles. The van der Waals surface area contributed by atoms with E-state index in [-0.39, 0.29) is 6.42 Å². The van der Waals surface area contributed by atoms with Crippen LogP contribution in [0.2, 0.25) is 0 Å². The first-order chi connectivity index (χ1) is 14.1. The highest BCUT2D eigenvalue weighted by atomic mass is 16.5. The Hall–Kier alpha value is -3.19. The van der Waals surface area contributed by atoms with Crippen molar-refractivity contribution in [3.8, 4) is 0 Å². The van der Waals surface area contributed by atoms with Gasteiger partial charge in [0.1, 0.15) is 12.1 Å². The highest BCUT2D eigenvalue weighted by Gasteiger charge is 2.44. The maximum atomic E-state index is 12.8. The first-order valence-corrected chi connectivity index (χ1v) is 9.75. The molecule has 152 valence electrons. The molecule has 7 heteroatoms. The van der Waals surface area contributed by atoms with Crippen molar-refractivity contribution < 1.29 is 19.6 Å². The fourth-order valence-electron chi connectivity index (χ4n) is 3.59. The first kappa shape index (κ1) is 20.5. The molecule has 0 radical (unpaired) electrons. The molecule has 3 rings (SSSR count). The van der Waals surface area contributed by atoms with Crippen molar-refractivity contribution in [2.24, 2.45) is 0 Å². The largest absolute Gasteiger partial charge is 0.326 e. The van der Waals surface area contributed by atoms with Crippen LogP contribution in [-0.2, 0) is 22.4 Å². The number of rotatable bonds is 9. The summed E-state index contributed by atoms with van der Waals surface area (Å²) in [5.74, 6) is -1.19. The number of carbonyl (C=O) groups excluding carboxylic acids is 3. The van der Waals surface area contributed by atoms with Crippen molar-refractivity contribution >= 4 is 17.8 Å². The molecule has 2 aromatic rings. The number of benzene rings is 2. The van der Waals surface area contributed by atoms with Gasteiger partial charge >= 0.3 is 6.03 Å². The predicted octanol–water partition coefficient (Wildman–Crippen LogP) is 2.44. The Kier molecular flexibility index (Phi) is 6.97. The number of nitrogens with zero attached hydrogens (tertiary/aromatic N) is 1. The Morgan fingerprint density at radius 3 is 2.17 bits per heavy atom. The molecule has 2 unspecified atom stereocenters. The van der Waals surface area contributed by atoms with Crippen LogP contribution in [-0.4, -0.2) is 40.0 Å². The van der Waals surface area contributed by atoms with Crippen molar-refractivity contribution in [3.05, 3.63) is 71.8 Å². The molecule has 29 heavy (non-hydrogen) atoms. The second-order valence-corrected chi connectivity index (χ2v) is 7.10. The SMILES string of the molecule is O=C(NO)C(CCCc1ccccc1)N1C(=O)NC(CCc2ccccc2)C1=O. The van der Waals surface area contributed by atoms with Crippen LogP contribution in [0.25, 0.3) is 0 Å². The third kappa shape index (κ3) is 5.20. The fourth-order valence-corrected chi connectivity index (χ4v) is 3.59. The summed E-state index contributed by atoms with van der Waals surface area (Å²) in [6.45, 7) is 0. The Balaban J connectivity index is 1.62. The smallest absolute Gasteiger partial charge is 0.325 e. The standard InChI is InChI=1S/C22H25N3O4/c26-20(24-29)19(13-7-12-16-8-3-1-4-9-16)25-21(27)18(23-22(25)28)15-14-17-10-5-2-6-11-17/h1-6,8-11,18-19,29H,7,12-15H2,(H,23,28)(H,24,26). The molecule has 7 nitrogen and oxygen atoms in total. The quantitative estimate of drug-likeness (QED) is 0.345. The summed E-state index contributed by atoms with van der Waals surface area (Å²) in [4.78, 5) is 38.4. The summed E-state index contributed by atoms with van der Waals surface area (Å²) in [5.41, 5.74) is 3.77. The summed E-state index contributed by atoms with van der Waals surface area (Å²) in [6, 6.07) is 17.1. The van der Waals surface area contributed by atoms with Crippen LogP contribution in [0.1, 0.15) is 30.4 Å². The minimum atomic E-state index is -1.04. The molecule has 1 aliphatic rings. The number of aryl methyl sites for hydroxylation is 2. The Morgan fingerprint density at radius 2 is 1.59 bits per heavy atom. The Bertz CT molecular complexity index is 842. The van der Waals surface area contributed by atoms with Crippen LogP contribution in [0, 0.1) is 0 Å². The van der Waals surface area contributed by atoms with Crippen molar-refractivity contribution in [1.29, 1.82) is 0 Å². The monoisotopic (exact) mass is 395 g/mol. The van der Waals surface area contributed by atoms with E-state index < -0.39 is 29.9 Å². The maximum absolute atomic E-state index is 12.8. The molecule has 0 spiro atoms. The lowest BCUT2D eigenvalue weighted by Crippen LogP contribution is -2.49. The van der Waals surface area contributed by atoms with Crippen LogP contribution in [0.5, 0.6) is 0 Å². The van der Waals surface area contributed by atoms with Gasteiger partial charge in [-0.1, -0.05) is 60.7 Å². The van der Waals surface area contributed by atoms with Gasteiger partial charge in [-0.2, -0.15) is 0 Å². The summed E-state index contributed by atoms with van der Waals surface area (Å²) < 4.78 is 0. The summed E-state index contributed by atoms with van der Waals surface area (Å²) in [5, 5.41) is 11.8. The number of hydroxylamine groups is 1. The molecule has 4 amide bonds. The second-order valence-electron chi connectivity index (χ2n) is 7.10. The number of hydrogen-bond acceptors (Lipinski definition) is 4. The first-order valence-electron chi connectivity index (χ1n) is 9.75. The van der Waals surface area contributed by atoms with Crippen molar-refractivity contribution in [2.75, 3.05) is 0 Å². The number of imide groups is 1. The van der Waals surface area contributed by atoms with E-state index in [1.165, 1.54) is 0 Å². The van der Waals surface area contributed by atoms with Crippen molar-refractivity contribution in [3.63, 3.8) is 0 Å². The number of nitrogens with one attached hydrogen (secondary N) is 2. The summed E-state index contributed by atoms with van der Waals surface area (Å²) >= 11 is 0. The third-order valence-corrected chi connectivity index (χ3v) is 5.13. The molecule has 1 aliphatic heterocycles. The molecule has 0 aliphatic carbocycles.